The van der Waals surface area contributed by atoms with Gasteiger partial charge in [0.1, 0.15) is 6.61 Å². The molecule has 0 saturated heterocycles. The van der Waals surface area contributed by atoms with E-state index in [2.05, 4.69) is 9.84 Å². The molecule has 7 heteroatoms. The molecular weight excluding hydrogens is 285 g/mol. The summed E-state index contributed by atoms with van der Waals surface area (Å²) in [5, 5.41) is 14.1. The van der Waals surface area contributed by atoms with E-state index < -0.39 is 18.9 Å². The van der Waals surface area contributed by atoms with Crippen LogP contribution in [0.4, 0.5) is 13.2 Å². The van der Waals surface area contributed by atoms with Crippen LogP contribution in [0.1, 0.15) is 43.8 Å². The van der Waals surface area contributed by atoms with Crippen LogP contribution < -0.4 is 0 Å². The molecule has 1 heterocycles. The molecule has 21 heavy (non-hydrogen) atoms. The van der Waals surface area contributed by atoms with Crippen molar-refractivity contribution >= 4 is 0 Å². The minimum atomic E-state index is -4.36. The van der Waals surface area contributed by atoms with Gasteiger partial charge in [0, 0.05) is 12.6 Å². The van der Waals surface area contributed by atoms with Gasteiger partial charge in [-0.1, -0.05) is 19.3 Å². The fourth-order valence-electron chi connectivity index (χ4n) is 2.65. The van der Waals surface area contributed by atoms with Crippen molar-refractivity contribution in [3.05, 3.63) is 18.0 Å². The van der Waals surface area contributed by atoms with E-state index in [4.69, 9.17) is 0 Å². The highest BCUT2D eigenvalue weighted by atomic mass is 19.4. The fraction of sp³-hybridized carbons (Fsp3) is 0.786. The van der Waals surface area contributed by atoms with Crippen molar-refractivity contribution in [3.63, 3.8) is 0 Å². The number of ether oxygens (including phenoxy) is 1. The first kappa shape index (κ1) is 16.3. The lowest BCUT2D eigenvalue weighted by atomic mass is 9.96. The number of rotatable bonds is 6. The quantitative estimate of drug-likeness (QED) is 0.879. The van der Waals surface area contributed by atoms with Crippen LogP contribution >= 0.6 is 0 Å². The van der Waals surface area contributed by atoms with Crippen LogP contribution in [0.5, 0.6) is 0 Å². The third-order valence-corrected chi connectivity index (χ3v) is 3.63. The summed E-state index contributed by atoms with van der Waals surface area (Å²) < 4.78 is 42.1. The van der Waals surface area contributed by atoms with E-state index in [0.717, 1.165) is 12.8 Å². The van der Waals surface area contributed by atoms with Gasteiger partial charge in [-0.05, 0) is 18.9 Å². The Hall–Kier alpha value is -1.08. The minimum absolute atomic E-state index is 0.206. The smallest absolute Gasteiger partial charge is 0.390 e. The molecule has 1 aromatic rings. The predicted molar refractivity (Wildman–Crippen MR) is 70.9 cm³/mol. The first-order chi connectivity index (χ1) is 9.94. The number of nitrogens with zero attached hydrogens (tertiary/aromatic N) is 2. The minimum Gasteiger partial charge on any atom is -0.390 e. The van der Waals surface area contributed by atoms with Gasteiger partial charge in [-0.25, -0.2) is 0 Å². The van der Waals surface area contributed by atoms with E-state index in [9.17, 15) is 18.3 Å². The molecule has 120 valence electrons. The van der Waals surface area contributed by atoms with Gasteiger partial charge in [0.05, 0.1) is 24.4 Å². The second kappa shape index (κ2) is 7.26. The van der Waals surface area contributed by atoms with E-state index >= 15 is 0 Å². The molecule has 4 nitrogen and oxygen atoms in total. The largest absolute Gasteiger partial charge is 0.411 e. The summed E-state index contributed by atoms with van der Waals surface area (Å²) in [7, 11) is 0. The summed E-state index contributed by atoms with van der Waals surface area (Å²) >= 11 is 0. The van der Waals surface area contributed by atoms with Gasteiger partial charge in [-0.2, -0.15) is 18.3 Å². The molecule has 2 rings (SSSR count). The highest BCUT2D eigenvalue weighted by Gasteiger charge is 2.27. The third kappa shape index (κ3) is 5.67. The molecule has 1 aliphatic carbocycles. The molecule has 1 aromatic heterocycles. The molecule has 0 aromatic carbocycles. The summed E-state index contributed by atoms with van der Waals surface area (Å²) in [6.45, 7) is -1.67. The predicted octanol–water partition coefficient (Wildman–Crippen LogP) is 2.87. The second-order valence-electron chi connectivity index (χ2n) is 5.57. The Morgan fingerprint density at radius 1 is 1.33 bits per heavy atom. The van der Waals surface area contributed by atoms with Crippen molar-refractivity contribution in [3.8, 4) is 0 Å². The summed E-state index contributed by atoms with van der Waals surface area (Å²) in [5.41, 5.74) is 0.684. The number of halogens is 3. The molecule has 0 aliphatic heterocycles. The number of hydrogen-bond donors (Lipinski definition) is 1. The van der Waals surface area contributed by atoms with Crippen molar-refractivity contribution < 1.29 is 23.0 Å². The highest BCUT2D eigenvalue weighted by Crippen LogP contribution is 2.27. The zero-order valence-corrected chi connectivity index (χ0v) is 11.9. The summed E-state index contributed by atoms with van der Waals surface area (Å²) in [4.78, 5) is 0. The van der Waals surface area contributed by atoms with Crippen LogP contribution in [0.3, 0.4) is 0 Å². The molecule has 0 spiro atoms. The molecule has 1 aliphatic rings. The van der Waals surface area contributed by atoms with E-state index in [1.54, 1.807) is 0 Å². The van der Waals surface area contributed by atoms with Gasteiger partial charge in [0.25, 0.3) is 0 Å². The Morgan fingerprint density at radius 2 is 2.05 bits per heavy atom. The van der Waals surface area contributed by atoms with Gasteiger partial charge in [-0.3, -0.25) is 4.68 Å². The molecule has 0 bridgehead atoms. The van der Waals surface area contributed by atoms with Crippen LogP contribution in [0.25, 0.3) is 0 Å². The Bertz CT molecular complexity index is 428. The lowest BCUT2D eigenvalue weighted by molar-refractivity contribution is -0.179. The third-order valence-electron chi connectivity index (χ3n) is 3.63. The Labute approximate surface area is 121 Å². The Balaban J connectivity index is 1.76. The summed E-state index contributed by atoms with van der Waals surface area (Å²) in [5.74, 6) is 0. The van der Waals surface area contributed by atoms with Gasteiger partial charge >= 0.3 is 6.18 Å². The number of hydrogen-bond acceptors (Lipinski definition) is 3. The standard InChI is InChI=1S/C14H21F3N2O2/c15-14(16,17)10-21-9-13(20)8-11-6-7-19(18-11)12-4-2-1-3-5-12/h6-7,12-13,20H,1-5,8-10H2. The number of aromatic nitrogens is 2. The average Bonchev–Trinajstić information content (AvgIpc) is 2.86. The molecule has 1 saturated carbocycles. The van der Waals surface area contributed by atoms with Crippen molar-refractivity contribution in [2.45, 2.75) is 56.8 Å². The molecule has 0 amide bonds. The van der Waals surface area contributed by atoms with Gasteiger partial charge in [0.15, 0.2) is 0 Å². The molecular formula is C14H21F3N2O2. The summed E-state index contributed by atoms with van der Waals surface area (Å²) in [6, 6.07) is 2.22. The zero-order valence-electron chi connectivity index (χ0n) is 11.9. The maximum Gasteiger partial charge on any atom is 0.411 e. The van der Waals surface area contributed by atoms with Gasteiger partial charge in [0.2, 0.25) is 0 Å². The molecule has 1 unspecified atom stereocenters. The monoisotopic (exact) mass is 306 g/mol. The van der Waals surface area contributed by atoms with Crippen LogP contribution in [0.15, 0.2) is 12.3 Å². The molecule has 1 N–H and O–H groups in total. The lowest BCUT2D eigenvalue weighted by Crippen LogP contribution is -2.24. The van der Waals surface area contributed by atoms with Crippen LogP contribution in [0.2, 0.25) is 0 Å². The first-order valence-corrected chi connectivity index (χ1v) is 7.30. The maximum absolute atomic E-state index is 11.9. The number of alkyl halides is 3. The normalized spacial score (nSPS) is 18.9. The fourth-order valence-corrected chi connectivity index (χ4v) is 2.65. The van der Waals surface area contributed by atoms with Crippen LogP contribution in [0, 0.1) is 0 Å². The molecule has 1 fully saturated rings. The Morgan fingerprint density at radius 3 is 2.71 bits per heavy atom. The van der Waals surface area contributed by atoms with E-state index in [0.29, 0.717) is 11.7 Å². The van der Waals surface area contributed by atoms with E-state index in [1.807, 2.05) is 16.9 Å². The molecule has 0 radical (unpaired) electrons. The van der Waals surface area contributed by atoms with Gasteiger partial charge in [-0.15, -0.1) is 0 Å². The SMILES string of the molecule is OC(COCC(F)(F)F)Cc1ccn(C2CCCCC2)n1. The topological polar surface area (TPSA) is 47.3 Å². The second-order valence-corrected chi connectivity index (χ2v) is 5.57. The maximum atomic E-state index is 11.9. The Kier molecular flexibility index (Phi) is 5.64. The number of aliphatic hydroxyl groups excluding tert-OH is 1. The average molecular weight is 306 g/mol. The van der Waals surface area contributed by atoms with Crippen molar-refractivity contribution in [1.82, 2.24) is 9.78 Å². The lowest BCUT2D eigenvalue weighted by Gasteiger charge is -2.21. The van der Waals surface area contributed by atoms with Crippen molar-refractivity contribution in [2.75, 3.05) is 13.2 Å². The molecule has 1 atom stereocenters. The van der Waals surface area contributed by atoms with E-state index in [1.165, 1.54) is 19.3 Å². The first-order valence-electron chi connectivity index (χ1n) is 7.30. The highest BCUT2D eigenvalue weighted by molar-refractivity contribution is 5.01. The summed E-state index contributed by atoms with van der Waals surface area (Å²) in [6.07, 6.45) is 2.65. The zero-order chi connectivity index (χ0) is 15.3. The van der Waals surface area contributed by atoms with E-state index in [-0.39, 0.29) is 13.0 Å². The van der Waals surface area contributed by atoms with Crippen molar-refractivity contribution in [1.29, 1.82) is 0 Å². The van der Waals surface area contributed by atoms with Crippen molar-refractivity contribution in [2.24, 2.45) is 0 Å². The van der Waals surface area contributed by atoms with Crippen LogP contribution in [-0.4, -0.2) is 40.4 Å². The number of aliphatic hydroxyl groups is 1. The van der Waals surface area contributed by atoms with Crippen LogP contribution in [-0.2, 0) is 11.2 Å². The van der Waals surface area contributed by atoms with Gasteiger partial charge < -0.3 is 9.84 Å².